The molecule has 0 aliphatic carbocycles. The van der Waals surface area contributed by atoms with E-state index in [9.17, 15) is 14.4 Å². The molecule has 0 aromatic rings. The molecule has 0 fully saturated rings. The van der Waals surface area contributed by atoms with Crippen molar-refractivity contribution in [1.29, 1.82) is 0 Å². The van der Waals surface area contributed by atoms with Crippen molar-refractivity contribution < 1.29 is 28.6 Å². The molecular weight excluding hydrogens is 985 g/mol. The fraction of sp³-hybridized carbons (Fsp3) is 0.716. The average molecular weight is 1110 g/mol. The van der Waals surface area contributed by atoms with Crippen LogP contribution in [0.5, 0.6) is 0 Å². The summed E-state index contributed by atoms with van der Waals surface area (Å²) in [6.07, 6.45) is 92.3. The van der Waals surface area contributed by atoms with Crippen LogP contribution in [0.25, 0.3) is 0 Å². The number of carbonyl (C=O) groups excluding carboxylic acids is 3. The maximum atomic E-state index is 12.9. The SMILES string of the molecule is CC/C=C\C/C=C\C/C=C\C/C=C\C/C=C\C/C=C\CCCCCCCCCCC(=O)OCC(COC(=O)CCCCCCCCCCCCCCCC)OC(=O)CCCCCCCC/C=C\C/C=C\C/C=C\CCCCCCC. The van der Waals surface area contributed by atoms with Crippen molar-refractivity contribution in [3.05, 3.63) is 109 Å². The van der Waals surface area contributed by atoms with E-state index in [2.05, 4.69) is 130 Å². The van der Waals surface area contributed by atoms with Crippen molar-refractivity contribution in [2.75, 3.05) is 13.2 Å². The number of esters is 3. The van der Waals surface area contributed by atoms with Crippen LogP contribution in [0.1, 0.15) is 323 Å². The highest BCUT2D eigenvalue weighted by molar-refractivity contribution is 5.71. The number of ether oxygens (including phenoxy) is 3. The Balaban J connectivity index is 4.37. The molecule has 0 saturated carbocycles. The molecule has 0 spiro atoms. The summed E-state index contributed by atoms with van der Waals surface area (Å²) in [4.78, 5) is 38.4. The summed E-state index contributed by atoms with van der Waals surface area (Å²) in [6.45, 7) is 6.53. The second-order valence-corrected chi connectivity index (χ2v) is 22.4. The van der Waals surface area contributed by atoms with Gasteiger partial charge in [0.25, 0.3) is 0 Å². The zero-order chi connectivity index (χ0) is 57.8. The molecule has 0 aromatic carbocycles. The zero-order valence-electron chi connectivity index (χ0n) is 52.6. The van der Waals surface area contributed by atoms with Gasteiger partial charge in [-0.2, -0.15) is 0 Å². The summed E-state index contributed by atoms with van der Waals surface area (Å²) in [5.74, 6) is -0.894. The van der Waals surface area contributed by atoms with Crippen molar-refractivity contribution in [1.82, 2.24) is 0 Å². The Kier molecular flexibility index (Phi) is 64.3. The first-order valence-electron chi connectivity index (χ1n) is 33.9. The van der Waals surface area contributed by atoms with Crippen LogP contribution >= 0.6 is 0 Å². The minimum atomic E-state index is -0.790. The van der Waals surface area contributed by atoms with Crippen LogP contribution in [0, 0.1) is 0 Å². The number of allylic oxidation sites excluding steroid dienone is 18. The predicted molar refractivity (Wildman–Crippen MR) is 348 cm³/mol. The van der Waals surface area contributed by atoms with E-state index < -0.39 is 6.10 Å². The van der Waals surface area contributed by atoms with Crippen molar-refractivity contribution in [3.8, 4) is 0 Å². The summed E-state index contributed by atoms with van der Waals surface area (Å²) >= 11 is 0. The third-order valence-electron chi connectivity index (χ3n) is 14.5. The molecule has 6 heteroatoms. The van der Waals surface area contributed by atoms with Gasteiger partial charge < -0.3 is 14.2 Å². The van der Waals surface area contributed by atoms with E-state index in [-0.39, 0.29) is 31.1 Å². The lowest BCUT2D eigenvalue weighted by molar-refractivity contribution is -0.167. The van der Waals surface area contributed by atoms with Crippen molar-refractivity contribution in [3.63, 3.8) is 0 Å². The molecule has 0 aliphatic heterocycles. The van der Waals surface area contributed by atoms with E-state index in [1.807, 2.05) is 0 Å². The standard InChI is InChI=1S/C74H126O6/c1-4-7-10-13-16-19-22-25-28-30-32-34-35-36-37-38-39-41-42-44-46-49-52-55-58-61-64-67-73(76)79-70-71(69-78-72(75)66-63-60-57-54-51-48-27-24-21-18-15-12-9-6-3)80-74(77)68-65-62-59-56-53-50-47-45-43-40-33-31-29-26-23-20-17-14-11-8-5-2/h7,10,16,19,23,25-26,28,31-34,36-37,39,41,43,45,71H,4-6,8-9,11-15,17-18,20-22,24,27,29-30,35,38,40,42,44,46-70H2,1-3H3/b10-7-,19-16-,26-23-,28-25-,33-31-,34-32-,37-36-,41-39-,45-43-. The number of rotatable bonds is 61. The maximum Gasteiger partial charge on any atom is 0.306 e. The molecule has 0 aliphatic rings. The molecule has 6 nitrogen and oxygen atoms in total. The van der Waals surface area contributed by atoms with Gasteiger partial charge in [-0.15, -0.1) is 0 Å². The summed E-state index contributed by atoms with van der Waals surface area (Å²) in [7, 11) is 0. The van der Waals surface area contributed by atoms with Gasteiger partial charge in [-0.3, -0.25) is 14.4 Å². The molecule has 0 bridgehead atoms. The number of carbonyl (C=O) groups is 3. The minimum Gasteiger partial charge on any atom is -0.462 e. The molecular formula is C74H126O6. The van der Waals surface area contributed by atoms with Crippen LogP contribution in [0.4, 0.5) is 0 Å². The minimum absolute atomic E-state index is 0.0841. The third-order valence-corrected chi connectivity index (χ3v) is 14.5. The number of hydrogen-bond acceptors (Lipinski definition) is 6. The molecule has 0 rings (SSSR count). The lowest BCUT2D eigenvalue weighted by Crippen LogP contribution is -2.30. The summed E-state index contributed by atoms with van der Waals surface area (Å²) in [5, 5.41) is 0. The first kappa shape index (κ1) is 76.1. The van der Waals surface area contributed by atoms with Crippen molar-refractivity contribution in [2.24, 2.45) is 0 Å². The Morgan fingerprint density at radius 2 is 0.487 bits per heavy atom. The second-order valence-electron chi connectivity index (χ2n) is 22.4. The van der Waals surface area contributed by atoms with E-state index in [4.69, 9.17) is 14.2 Å². The van der Waals surface area contributed by atoms with Gasteiger partial charge in [-0.05, 0) is 109 Å². The van der Waals surface area contributed by atoms with Crippen molar-refractivity contribution in [2.45, 2.75) is 329 Å². The van der Waals surface area contributed by atoms with Gasteiger partial charge >= 0.3 is 17.9 Å². The Labute approximate surface area is 495 Å². The molecule has 0 amide bonds. The van der Waals surface area contributed by atoms with Gasteiger partial charge in [0.05, 0.1) is 0 Å². The van der Waals surface area contributed by atoms with Crippen LogP contribution in [-0.4, -0.2) is 37.2 Å². The topological polar surface area (TPSA) is 78.9 Å². The smallest absolute Gasteiger partial charge is 0.306 e. The maximum absolute atomic E-state index is 12.9. The predicted octanol–water partition coefficient (Wildman–Crippen LogP) is 23.4. The second kappa shape index (κ2) is 67.6. The molecule has 1 unspecified atom stereocenters. The first-order chi connectivity index (χ1) is 39.5. The summed E-state index contributed by atoms with van der Waals surface area (Å²) in [6, 6.07) is 0. The van der Waals surface area contributed by atoms with Crippen LogP contribution in [0.2, 0.25) is 0 Å². The van der Waals surface area contributed by atoms with Gasteiger partial charge in [-0.1, -0.05) is 304 Å². The Morgan fingerprint density at radius 3 is 0.762 bits per heavy atom. The number of unbranched alkanes of at least 4 members (excludes halogenated alkanes) is 32. The first-order valence-corrected chi connectivity index (χ1v) is 33.9. The van der Waals surface area contributed by atoms with E-state index in [1.54, 1.807) is 0 Å². The zero-order valence-corrected chi connectivity index (χ0v) is 52.6. The average Bonchev–Trinajstić information content (AvgIpc) is 3.46. The van der Waals surface area contributed by atoms with E-state index >= 15 is 0 Å². The lowest BCUT2D eigenvalue weighted by Gasteiger charge is -2.18. The lowest BCUT2D eigenvalue weighted by atomic mass is 10.0. The van der Waals surface area contributed by atoms with Crippen LogP contribution in [-0.2, 0) is 28.6 Å². The van der Waals surface area contributed by atoms with Gasteiger partial charge in [0.15, 0.2) is 6.10 Å². The fourth-order valence-corrected chi connectivity index (χ4v) is 9.45. The normalized spacial score (nSPS) is 12.8. The number of hydrogen-bond donors (Lipinski definition) is 0. The van der Waals surface area contributed by atoms with Gasteiger partial charge in [0.2, 0.25) is 0 Å². The monoisotopic (exact) mass is 1110 g/mol. The van der Waals surface area contributed by atoms with Crippen LogP contribution in [0.3, 0.4) is 0 Å². The Bertz CT molecular complexity index is 1610. The highest BCUT2D eigenvalue weighted by Gasteiger charge is 2.19. The highest BCUT2D eigenvalue weighted by Crippen LogP contribution is 2.16. The molecule has 0 aromatic heterocycles. The third kappa shape index (κ3) is 64.9. The Morgan fingerprint density at radius 1 is 0.263 bits per heavy atom. The molecule has 0 saturated heterocycles. The fourth-order valence-electron chi connectivity index (χ4n) is 9.45. The quantitative estimate of drug-likeness (QED) is 0.0261. The molecule has 0 N–H and O–H groups in total. The Hall–Kier alpha value is -3.93. The summed E-state index contributed by atoms with van der Waals surface area (Å²) in [5.41, 5.74) is 0. The summed E-state index contributed by atoms with van der Waals surface area (Å²) < 4.78 is 17.0. The van der Waals surface area contributed by atoms with Crippen LogP contribution < -0.4 is 0 Å². The van der Waals surface area contributed by atoms with Crippen LogP contribution in [0.15, 0.2) is 109 Å². The van der Waals surface area contributed by atoms with Gasteiger partial charge in [-0.25, -0.2) is 0 Å². The van der Waals surface area contributed by atoms with Crippen molar-refractivity contribution >= 4 is 17.9 Å². The molecule has 458 valence electrons. The van der Waals surface area contributed by atoms with E-state index in [1.165, 1.54) is 154 Å². The van der Waals surface area contributed by atoms with E-state index in [0.29, 0.717) is 19.3 Å². The molecule has 0 heterocycles. The highest BCUT2D eigenvalue weighted by atomic mass is 16.6. The van der Waals surface area contributed by atoms with Gasteiger partial charge in [0, 0.05) is 19.3 Å². The molecule has 1 atom stereocenters. The van der Waals surface area contributed by atoms with E-state index in [0.717, 1.165) is 128 Å². The molecule has 80 heavy (non-hydrogen) atoms. The molecule has 0 radical (unpaired) electrons. The van der Waals surface area contributed by atoms with Gasteiger partial charge in [0.1, 0.15) is 13.2 Å². The largest absolute Gasteiger partial charge is 0.462 e.